The predicted octanol–water partition coefficient (Wildman–Crippen LogP) is 2.35. The minimum Gasteiger partial charge on any atom is -0.393 e. The molecular formula is C25H27ClN4O7S2. The molecule has 14 heteroatoms. The lowest BCUT2D eigenvalue weighted by Crippen LogP contribution is -2.24. The maximum absolute atomic E-state index is 13.6. The van der Waals surface area contributed by atoms with Gasteiger partial charge < -0.3 is 20.3 Å². The lowest BCUT2D eigenvalue weighted by Gasteiger charge is -2.26. The highest BCUT2D eigenvalue weighted by atomic mass is 35.5. The third-order valence-electron chi connectivity index (χ3n) is 6.94. The van der Waals surface area contributed by atoms with Gasteiger partial charge in [0.1, 0.15) is 18.2 Å². The fraction of sp³-hybridized carbons (Fsp3) is 0.400. The minimum absolute atomic E-state index is 0.224. The Labute approximate surface area is 234 Å². The molecule has 5 N–H and O–H groups in total. The average molecular weight is 595 g/mol. The van der Waals surface area contributed by atoms with Crippen molar-refractivity contribution >= 4 is 44.8 Å². The highest BCUT2D eigenvalue weighted by molar-refractivity contribution is 7.84. The highest BCUT2D eigenvalue weighted by Gasteiger charge is 2.35. The largest absolute Gasteiger partial charge is 0.393 e. The first-order chi connectivity index (χ1) is 18.6. The number of thiophene rings is 1. The lowest BCUT2D eigenvalue weighted by atomic mass is 9.93. The fourth-order valence-corrected chi connectivity index (χ4v) is 6.64. The number of nitrogens with two attached hydrogens (primary N) is 1. The van der Waals surface area contributed by atoms with Gasteiger partial charge in [-0.3, -0.25) is 8.98 Å². The van der Waals surface area contributed by atoms with Crippen molar-refractivity contribution in [3.8, 4) is 0 Å². The maximum Gasteiger partial charge on any atom is 0.333 e. The van der Waals surface area contributed by atoms with E-state index in [-0.39, 0.29) is 36.4 Å². The standard InChI is InChI=1S/C25H27ClN4O7S2/c26-15-2-1-13-3-4-36-24(17(13)6-15)18-8-21(38-22(18)10-31)23(33)19-9-28-12-29-25(19)30-16-5-14(20(32)7-16)11-37-39(27,34)35/h1-2,6,8-9,12,14,16,20,24,31-32H,3-5,7,10-11H2,(H2,27,34,35)(H,28,29,30)/t14-,16-,20+,24-/m1/s1. The zero-order valence-corrected chi connectivity index (χ0v) is 23.0. The van der Waals surface area contributed by atoms with Gasteiger partial charge >= 0.3 is 10.3 Å². The van der Waals surface area contributed by atoms with E-state index >= 15 is 0 Å². The summed E-state index contributed by atoms with van der Waals surface area (Å²) in [5.74, 6) is -0.508. The molecule has 1 saturated carbocycles. The van der Waals surface area contributed by atoms with Gasteiger partial charge in [-0.1, -0.05) is 17.7 Å². The molecule has 11 nitrogen and oxygen atoms in total. The number of carbonyl (C=O) groups is 1. The van der Waals surface area contributed by atoms with Gasteiger partial charge in [0.2, 0.25) is 5.78 Å². The van der Waals surface area contributed by atoms with Crippen LogP contribution in [0, 0.1) is 5.92 Å². The molecule has 0 amide bonds. The number of rotatable bonds is 9. The van der Waals surface area contributed by atoms with Crippen molar-refractivity contribution in [2.24, 2.45) is 11.1 Å². The summed E-state index contributed by atoms with van der Waals surface area (Å²) in [4.78, 5) is 22.9. The molecule has 5 rings (SSSR count). The summed E-state index contributed by atoms with van der Waals surface area (Å²) in [6, 6.07) is 7.09. The number of carbonyl (C=O) groups excluding carboxylic acids is 1. The van der Waals surface area contributed by atoms with E-state index in [1.165, 1.54) is 23.9 Å². The number of nitrogens with one attached hydrogen (secondary N) is 1. The zero-order valence-electron chi connectivity index (χ0n) is 20.6. The topological polar surface area (TPSA) is 174 Å². The Morgan fingerprint density at radius 2 is 2.10 bits per heavy atom. The fourth-order valence-electron chi connectivity index (χ4n) is 5.09. The Kier molecular flexibility index (Phi) is 8.31. The molecule has 0 radical (unpaired) electrons. The van der Waals surface area contributed by atoms with Crippen LogP contribution in [0.2, 0.25) is 5.02 Å². The number of aliphatic hydroxyl groups excluding tert-OH is 2. The van der Waals surface area contributed by atoms with Crippen LogP contribution in [0.3, 0.4) is 0 Å². The number of aromatic nitrogens is 2. The molecule has 2 aliphatic rings. The van der Waals surface area contributed by atoms with Gasteiger partial charge in [-0.25, -0.2) is 15.1 Å². The summed E-state index contributed by atoms with van der Waals surface area (Å²) >= 11 is 7.42. The molecule has 0 unspecified atom stereocenters. The normalized spacial score (nSPS) is 23.0. The van der Waals surface area contributed by atoms with Crippen molar-refractivity contribution in [3.63, 3.8) is 0 Å². The molecule has 39 heavy (non-hydrogen) atoms. The number of nitrogens with zero attached hydrogens (tertiary/aromatic N) is 2. The summed E-state index contributed by atoms with van der Waals surface area (Å²) in [5, 5.41) is 29.1. The molecule has 0 spiro atoms. The van der Waals surface area contributed by atoms with Crippen LogP contribution in [-0.4, -0.2) is 59.7 Å². The van der Waals surface area contributed by atoms with E-state index < -0.39 is 28.4 Å². The Morgan fingerprint density at radius 1 is 1.28 bits per heavy atom. The van der Waals surface area contributed by atoms with Crippen molar-refractivity contribution in [3.05, 3.63) is 73.8 Å². The summed E-state index contributed by atoms with van der Waals surface area (Å²) in [7, 11) is -4.12. The Morgan fingerprint density at radius 3 is 2.87 bits per heavy atom. The quantitative estimate of drug-likeness (QED) is 0.269. The van der Waals surface area contributed by atoms with Crippen LogP contribution < -0.4 is 10.5 Å². The monoisotopic (exact) mass is 594 g/mol. The first-order valence-electron chi connectivity index (χ1n) is 12.2. The van der Waals surface area contributed by atoms with Crippen LogP contribution >= 0.6 is 22.9 Å². The predicted molar refractivity (Wildman–Crippen MR) is 144 cm³/mol. The molecule has 2 aromatic heterocycles. The molecule has 0 saturated heterocycles. The summed E-state index contributed by atoms with van der Waals surface area (Å²) in [6.07, 6.45) is 2.87. The number of hydrogen-bond acceptors (Lipinski definition) is 11. The van der Waals surface area contributed by atoms with E-state index in [1.807, 2.05) is 18.2 Å². The molecule has 3 heterocycles. The van der Waals surface area contributed by atoms with Crippen molar-refractivity contribution in [1.82, 2.24) is 9.97 Å². The Hall–Kier alpha value is -2.49. The van der Waals surface area contributed by atoms with Gasteiger partial charge in [0.05, 0.1) is 36.4 Å². The highest BCUT2D eigenvalue weighted by Crippen LogP contribution is 2.40. The third kappa shape index (κ3) is 6.31. The van der Waals surface area contributed by atoms with Gasteiger partial charge in [0, 0.05) is 33.6 Å². The molecule has 1 aromatic carbocycles. The first-order valence-corrected chi connectivity index (χ1v) is 14.9. The van der Waals surface area contributed by atoms with Crippen molar-refractivity contribution < 1.29 is 32.3 Å². The van der Waals surface area contributed by atoms with Crippen molar-refractivity contribution in [2.75, 3.05) is 18.5 Å². The van der Waals surface area contributed by atoms with E-state index in [0.29, 0.717) is 39.8 Å². The van der Waals surface area contributed by atoms with E-state index in [1.54, 1.807) is 6.07 Å². The van der Waals surface area contributed by atoms with E-state index in [4.69, 9.17) is 21.5 Å². The number of aliphatic hydroxyl groups is 2. The molecule has 1 aliphatic heterocycles. The van der Waals surface area contributed by atoms with Gasteiger partial charge in [-0.2, -0.15) is 8.42 Å². The molecule has 1 fully saturated rings. The number of ketones is 1. The third-order valence-corrected chi connectivity index (χ3v) is 8.77. The van der Waals surface area contributed by atoms with Crippen LogP contribution in [-0.2, 0) is 32.3 Å². The Bertz CT molecular complexity index is 1480. The number of hydrogen-bond donors (Lipinski definition) is 4. The number of ether oxygens (including phenoxy) is 1. The molecule has 0 bridgehead atoms. The van der Waals surface area contributed by atoms with Crippen LogP contribution in [0.25, 0.3) is 0 Å². The van der Waals surface area contributed by atoms with Crippen LogP contribution in [0.15, 0.2) is 36.8 Å². The second-order valence-electron chi connectivity index (χ2n) is 9.52. The molecule has 3 aromatic rings. The van der Waals surface area contributed by atoms with Crippen molar-refractivity contribution in [1.29, 1.82) is 0 Å². The molecule has 1 aliphatic carbocycles. The summed E-state index contributed by atoms with van der Waals surface area (Å²) < 4.78 is 33.0. The maximum atomic E-state index is 13.6. The molecular weight excluding hydrogens is 568 g/mol. The molecule has 208 valence electrons. The SMILES string of the molecule is NS(=O)(=O)OC[C@H]1C[C@@H](Nc2ncncc2C(=O)c2cc([C@@H]3OCCc4ccc(Cl)cc43)c(CO)s2)C[C@@H]1O. The average Bonchev–Trinajstić information content (AvgIpc) is 3.49. The van der Waals surface area contributed by atoms with Crippen molar-refractivity contribution in [2.45, 2.75) is 44.1 Å². The second-order valence-corrected chi connectivity index (χ2v) is 12.3. The van der Waals surface area contributed by atoms with E-state index in [9.17, 15) is 23.4 Å². The van der Waals surface area contributed by atoms with Gasteiger partial charge in [0.15, 0.2) is 0 Å². The number of benzene rings is 1. The number of fused-ring (bicyclic) bond motifs is 1. The summed E-state index contributed by atoms with van der Waals surface area (Å²) in [6.45, 7) is -0.00498. The minimum atomic E-state index is -4.12. The smallest absolute Gasteiger partial charge is 0.333 e. The number of anilines is 1. The van der Waals surface area contributed by atoms with E-state index in [0.717, 1.165) is 17.5 Å². The van der Waals surface area contributed by atoms with Crippen LogP contribution in [0.1, 0.15) is 55.7 Å². The lowest BCUT2D eigenvalue weighted by molar-refractivity contribution is 0.0688. The van der Waals surface area contributed by atoms with Crippen LogP contribution in [0.4, 0.5) is 5.82 Å². The summed E-state index contributed by atoms with van der Waals surface area (Å²) in [5.41, 5.74) is 2.94. The van der Waals surface area contributed by atoms with Gasteiger partial charge in [-0.05, 0) is 48.6 Å². The second kappa shape index (κ2) is 11.6. The van der Waals surface area contributed by atoms with Gasteiger partial charge in [-0.15, -0.1) is 11.3 Å². The zero-order chi connectivity index (χ0) is 27.7. The number of halogens is 1. The van der Waals surface area contributed by atoms with E-state index in [2.05, 4.69) is 19.5 Å². The molecule has 4 atom stereocenters. The Balaban J connectivity index is 1.37. The van der Waals surface area contributed by atoms with Crippen LogP contribution in [0.5, 0.6) is 0 Å². The van der Waals surface area contributed by atoms with Gasteiger partial charge in [0.25, 0.3) is 0 Å². The first kappa shape index (κ1) is 28.1.